The molecule has 1 aliphatic heterocycles. The molecule has 0 aromatic heterocycles. The van der Waals surface area contributed by atoms with Crippen LogP contribution in [-0.2, 0) is 5.41 Å². The van der Waals surface area contributed by atoms with Crippen molar-refractivity contribution in [2.24, 2.45) is 34.6 Å². The number of hydrogen-bond acceptors (Lipinski definition) is 3. The van der Waals surface area contributed by atoms with E-state index in [1.807, 2.05) is 12.1 Å². The van der Waals surface area contributed by atoms with Crippen LogP contribution in [0.5, 0.6) is 5.75 Å². The molecular formula is C52H48N2O. The molecular weight excluding hydrogens is 669 g/mol. The van der Waals surface area contributed by atoms with Crippen molar-refractivity contribution in [2.45, 2.75) is 58.3 Å². The number of aliphatic imine (C=N–C) groups is 1. The van der Waals surface area contributed by atoms with Crippen molar-refractivity contribution < 1.29 is 4.74 Å². The highest BCUT2D eigenvalue weighted by Gasteiger charge is 2.63. The lowest BCUT2D eigenvalue weighted by Crippen LogP contribution is -2.44. The number of nitrogens with zero attached hydrogens (tertiary/aromatic N) is 2. The molecule has 5 atom stereocenters. The third kappa shape index (κ3) is 5.91. The van der Waals surface area contributed by atoms with Gasteiger partial charge in [-0.25, -0.2) is 4.99 Å². The summed E-state index contributed by atoms with van der Waals surface area (Å²) in [7, 11) is 0. The molecule has 0 N–H and O–H groups in total. The van der Waals surface area contributed by atoms with E-state index in [9.17, 15) is 5.26 Å². The van der Waals surface area contributed by atoms with Crippen LogP contribution in [0.3, 0.4) is 0 Å². The van der Waals surface area contributed by atoms with Crippen LogP contribution in [0.15, 0.2) is 173 Å². The van der Waals surface area contributed by atoms with Crippen LogP contribution in [0.4, 0.5) is 5.69 Å². The van der Waals surface area contributed by atoms with Gasteiger partial charge in [0.05, 0.1) is 23.0 Å². The van der Waals surface area contributed by atoms with E-state index in [0.717, 1.165) is 77.3 Å². The zero-order chi connectivity index (χ0) is 37.5. The molecule has 3 heteroatoms. The maximum atomic E-state index is 9.45. The number of allylic oxidation sites excluding steroid dienone is 17. The highest BCUT2D eigenvalue weighted by molar-refractivity contribution is 6.18. The van der Waals surface area contributed by atoms with Gasteiger partial charge in [0.1, 0.15) is 11.5 Å². The van der Waals surface area contributed by atoms with E-state index in [4.69, 9.17) is 9.73 Å². The summed E-state index contributed by atoms with van der Waals surface area (Å²) in [6.07, 6.45) is 35.6. The van der Waals surface area contributed by atoms with Crippen molar-refractivity contribution >= 4 is 17.0 Å². The van der Waals surface area contributed by atoms with E-state index < -0.39 is 0 Å². The Morgan fingerprint density at radius 3 is 2.16 bits per heavy atom. The van der Waals surface area contributed by atoms with Crippen molar-refractivity contribution in [3.8, 4) is 22.9 Å². The minimum Gasteiger partial charge on any atom is -0.457 e. The first kappa shape index (κ1) is 35.0. The van der Waals surface area contributed by atoms with Crippen LogP contribution in [0.1, 0.15) is 69.6 Å². The maximum Gasteiger partial charge on any atom is 0.132 e. The molecule has 3 aromatic rings. The Balaban J connectivity index is 1.11. The predicted octanol–water partition coefficient (Wildman–Crippen LogP) is 13.1. The van der Waals surface area contributed by atoms with Gasteiger partial charge in [0.25, 0.3) is 0 Å². The van der Waals surface area contributed by atoms with E-state index in [-0.39, 0.29) is 5.41 Å². The zero-order valence-electron chi connectivity index (χ0n) is 32.1. The second kappa shape index (κ2) is 14.5. The summed E-state index contributed by atoms with van der Waals surface area (Å²) in [5.41, 5.74) is 12.2. The minimum atomic E-state index is -0.176. The van der Waals surface area contributed by atoms with Gasteiger partial charge in [-0.3, -0.25) is 0 Å². The molecule has 1 fully saturated rings. The molecule has 3 aromatic carbocycles. The Kier molecular flexibility index (Phi) is 9.23. The molecule has 6 aliphatic rings. The standard InChI is InChI=1S/C52H48N2O/c1-4-34(2)50(38-24-22-36(33-53)23-25-38)35(3)51(39-14-6-5-7-15-39)54-41-29-26-37(27-30-41)40-28-31-47-49(32-40)55-48-21-13-12-20-46(48)52(47)44-18-10-8-16-42(44)43-17-9-11-19-45(43)52/h6,8-11,14-32,34,42-45H,4-5,7,12-13H2,1-3H3/b50-35+,54-51?. The van der Waals surface area contributed by atoms with Crippen LogP contribution >= 0.6 is 0 Å². The van der Waals surface area contributed by atoms with E-state index in [1.54, 1.807) is 0 Å². The molecule has 272 valence electrons. The second-order valence-corrected chi connectivity index (χ2v) is 15.9. The van der Waals surface area contributed by atoms with Crippen LogP contribution < -0.4 is 4.74 Å². The van der Waals surface area contributed by atoms with Gasteiger partial charge in [-0.05, 0) is 138 Å². The molecule has 0 saturated heterocycles. The fourth-order valence-corrected chi connectivity index (χ4v) is 10.3. The molecule has 1 saturated carbocycles. The summed E-state index contributed by atoms with van der Waals surface area (Å²) >= 11 is 0. The van der Waals surface area contributed by atoms with Crippen LogP contribution in [0.25, 0.3) is 16.7 Å². The van der Waals surface area contributed by atoms with E-state index in [2.05, 4.69) is 160 Å². The smallest absolute Gasteiger partial charge is 0.132 e. The fraction of sp³-hybridized carbons (Fsp3) is 0.269. The van der Waals surface area contributed by atoms with Gasteiger partial charge in [0.15, 0.2) is 0 Å². The summed E-state index contributed by atoms with van der Waals surface area (Å²) in [6, 6.07) is 25.9. The number of hydrogen-bond donors (Lipinski definition) is 0. The van der Waals surface area contributed by atoms with Crippen molar-refractivity contribution in [3.05, 3.63) is 185 Å². The third-order valence-electron chi connectivity index (χ3n) is 13.0. The normalized spacial score (nSPS) is 26.7. The molecule has 5 unspecified atom stereocenters. The number of ether oxygens (including phenoxy) is 1. The number of nitriles is 1. The zero-order valence-corrected chi connectivity index (χ0v) is 32.1. The molecule has 0 bridgehead atoms. The molecule has 3 nitrogen and oxygen atoms in total. The Labute approximate surface area is 326 Å². The quantitative estimate of drug-likeness (QED) is 0.229. The average molecular weight is 717 g/mol. The minimum absolute atomic E-state index is 0.176. The van der Waals surface area contributed by atoms with Crippen molar-refractivity contribution in [3.63, 3.8) is 0 Å². The Hall–Kier alpha value is -5.72. The number of fused-ring (bicyclic) bond motifs is 9. The Morgan fingerprint density at radius 1 is 0.818 bits per heavy atom. The Morgan fingerprint density at radius 2 is 1.49 bits per heavy atom. The first-order valence-electron chi connectivity index (χ1n) is 20.2. The second-order valence-electron chi connectivity index (χ2n) is 15.9. The van der Waals surface area contributed by atoms with Gasteiger partial charge in [0.2, 0.25) is 0 Å². The summed E-state index contributed by atoms with van der Waals surface area (Å²) in [6.45, 7) is 6.74. The first-order chi connectivity index (χ1) is 27.0. The lowest BCUT2D eigenvalue weighted by molar-refractivity contribution is 0.280. The lowest BCUT2D eigenvalue weighted by atomic mass is 9.58. The van der Waals surface area contributed by atoms with Crippen LogP contribution in [-0.4, -0.2) is 5.71 Å². The monoisotopic (exact) mass is 716 g/mol. The van der Waals surface area contributed by atoms with Gasteiger partial charge in [-0.2, -0.15) is 5.26 Å². The van der Waals surface area contributed by atoms with Crippen molar-refractivity contribution in [1.82, 2.24) is 0 Å². The third-order valence-corrected chi connectivity index (χ3v) is 13.0. The predicted molar refractivity (Wildman–Crippen MR) is 227 cm³/mol. The van der Waals surface area contributed by atoms with Crippen molar-refractivity contribution in [1.29, 1.82) is 5.26 Å². The van der Waals surface area contributed by atoms with Gasteiger partial charge in [0, 0.05) is 16.6 Å². The number of rotatable bonds is 7. The Bertz CT molecular complexity index is 2340. The van der Waals surface area contributed by atoms with Gasteiger partial charge < -0.3 is 4.74 Å². The molecule has 55 heavy (non-hydrogen) atoms. The highest BCUT2D eigenvalue weighted by Crippen LogP contribution is 2.67. The maximum absolute atomic E-state index is 9.45. The average Bonchev–Trinajstić information content (AvgIpc) is 3.54. The van der Waals surface area contributed by atoms with E-state index in [0.29, 0.717) is 35.2 Å². The topological polar surface area (TPSA) is 45.4 Å². The van der Waals surface area contributed by atoms with Gasteiger partial charge in [-0.1, -0.05) is 123 Å². The molecule has 0 radical (unpaired) electrons. The van der Waals surface area contributed by atoms with Crippen LogP contribution in [0.2, 0.25) is 0 Å². The summed E-state index contributed by atoms with van der Waals surface area (Å²) in [5, 5.41) is 9.45. The molecule has 0 amide bonds. The molecule has 5 aliphatic carbocycles. The lowest BCUT2D eigenvalue weighted by Gasteiger charge is -2.47. The molecule has 1 spiro atoms. The first-order valence-corrected chi connectivity index (χ1v) is 20.2. The highest BCUT2D eigenvalue weighted by atomic mass is 16.5. The fourth-order valence-electron chi connectivity index (χ4n) is 10.3. The molecule has 1 heterocycles. The summed E-state index contributed by atoms with van der Waals surface area (Å²) < 4.78 is 6.87. The van der Waals surface area contributed by atoms with Crippen LogP contribution in [0, 0.1) is 40.9 Å². The van der Waals surface area contributed by atoms with E-state index >= 15 is 0 Å². The van der Waals surface area contributed by atoms with E-state index in [1.165, 1.54) is 22.3 Å². The van der Waals surface area contributed by atoms with Crippen molar-refractivity contribution in [2.75, 3.05) is 0 Å². The summed E-state index contributed by atoms with van der Waals surface area (Å²) in [4.78, 5) is 5.38. The SMILES string of the molecule is CCC(C)/C(=C(/C)C(=Nc1ccc(-c2ccc3c(c2)OC2=CCCC=C2C32C3C=CC=CC3C3C=CC=CC32)cc1)C1=CCCC=C1)c1ccc(C#N)cc1. The summed E-state index contributed by atoms with van der Waals surface area (Å²) in [5.74, 6) is 3.97. The molecule has 9 rings (SSSR count). The van der Waals surface area contributed by atoms with Gasteiger partial charge in [-0.15, -0.1) is 0 Å². The number of benzene rings is 3. The largest absolute Gasteiger partial charge is 0.457 e. The van der Waals surface area contributed by atoms with Gasteiger partial charge >= 0.3 is 0 Å².